The molecule has 128 valence electrons. The van der Waals surface area contributed by atoms with Crippen LogP contribution in [-0.4, -0.2) is 17.0 Å². The second kappa shape index (κ2) is 7.44. The molecule has 2 aromatic carbocycles. The van der Waals surface area contributed by atoms with E-state index in [1.807, 2.05) is 6.07 Å². The molecule has 0 saturated carbocycles. The van der Waals surface area contributed by atoms with E-state index in [1.54, 1.807) is 42.5 Å². The van der Waals surface area contributed by atoms with E-state index in [9.17, 15) is 9.59 Å². The minimum absolute atomic E-state index is 0.218. The molecule has 2 N–H and O–H groups in total. The van der Waals surface area contributed by atoms with Crippen LogP contribution < -0.4 is 5.32 Å². The number of halogens is 2. The number of carbonyl (C=O) groups is 2. The molecule has 0 bridgehead atoms. The standard InChI is InChI=1S/C18H13Cl2NO3S/c19-11-6-7-12-14(8-11)25-17(16(12)20)18(24)21-13(9-15(22)23)10-4-2-1-3-5-10/h1-8,13H,9H2,(H,21,24)(H,22,23). The first-order chi connectivity index (χ1) is 12.0. The lowest BCUT2D eigenvalue weighted by atomic mass is 10.0. The Balaban J connectivity index is 1.91. The Morgan fingerprint density at radius 1 is 1.12 bits per heavy atom. The first-order valence-electron chi connectivity index (χ1n) is 7.41. The van der Waals surface area contributed by atoms with E-state index >= 15 is 0 Å². The van der Waals surface area contributed by atoms with Gasteiger partial charge in [0, 0.05) is 15.1 Å². The zero-order valence-corrected chi connectivity index (χ0v) is 15.2. The first-order valence-corrected chi connectivity index (χ1v) is 8.98. The monoisotopic (exact) mass is 393 g/mol. The Kier molecular flexibility index (Phi) is 5.27. The highest BCUT2D eigenvalue weighted by Gasteiger charge is 2.22. The van der Waals surface area contributed by atoms with Gasteiger partial charge in [0.25, 0.3) is 5.91 Å². The number of carboxylic acids is 1. The largest absolute Gasteiger partial charge is 0.481 e. The molecular weight excluding hydrogens is 381 g/mol. The average Bonchev–Trinajstić information content (AvgIpc) is 2.91. The summed E-state index contributed by atoms with van der Waals surface area (Å²) in [5.74, 6) is -1.40. The predicted molar refractivity (Wildman–Crippen MR) is 101 cm³/mol. The molecule has 0 fully saturated rings. The van der Waals surface area contributed by atoms with Gasteiger partial charge in [-0.15, -0.1) is 11.3 Å². The number of hydrogen-bond donors (Lipinski definition) is 2. The Morgan fingerprint density at radius 2 is 1.84 bits per heavy atom. The van der Waals surface area contributed by atoms with Crippen LogP contribution in [0.1, 0.15) is 27.7 Å². The van der Waals surface area contributed by atoms with Gasteiger partial charge in [0.15, 0.2) is 0 Å². The summed E-state index contributed by atoms with van der Waals surface area (Å²) in [6.07, 6.45) is -0.218. The maximum atomic E-state index is 12.7. The number of rotatable bonds is 5. The van der Waals surface area contributed by atoms with Gasteiger partial charge in [-0.1, -0.05) is 59.6 Å². The summed E-state index contributed by atoms with van der Waals surface area (Å²) in [4.78, 5) is 24.2. The minimum Gasteiger partial charge on any atom is -0.481 e. The van der Waals surface area contributed by atoms with Gasteiger partial charge in [-0.2, -0.15) is 0 Å². The summed E-state index contributed by atoms with van der Waals surface area (Å²) in [5.41, 5.74) is 0.721. The SMILES string of the molecule is O=C(O)CC(NC(=O)c1sc2cc(Cl)ccc2c1Cl)c1ccccc1. The Morgan fingerprint density at radius 3 is 2.52 bits per heavy atom. The zero-order valence-electron chi connectivity index (χ0n) is 12.8. The van der Waals surface area contributed by atoms with Crippen LogP contribution in [0, 0.1) is 0 Å². The van der Waals surface area contributed by atoms with Gasteiger partial charge in [0.05, 0.1) is 17.5 Å². The number of aliphatic carboxylic acids is 1. The molecule has 0 aliphatic rings. The molecule has 0 spiro atoms. The number of carbonyl (C=O) groups excluding carboxylic acids is 1. The van der Waals surface area contributed by atoms with Crippen molar-refractivity contribution < 1.29 is 14.7 Å². The number of fused-ring (bicyclic) bond motifs is 1. The molecule has 0 radical (unpaired) electrons. The second-order valence-electron chi connectivity index (χ2n) is 5.42. The van der Waals surface area contributed by atoms with Crippen molar-refractivity contribution >= 4 is 56.5 Å². The number of amides is 1. The molecule has 3 rings (SSSR count). The van der Waals surface area contributed by atoms with Crippen molar-refractivity contribution in [2.24, 2.45) is 0 Å². The Hall–Kier alpha value is -2.08. The van der Waals surface area contributed by atoms with E-state index in [2.05, 4.69) is 5.32 Å². The maximum Gasteiger partial charge on any atom is 0.305 e. The summed E-state index contributed by atoms with van der Waals surface area (Å²) in [6, 6.07) is 13.6. The number of hydrogen-bond acceptors (Lipinski definition) is 3. The van der Waals surface area contributed by atoms with Crippen molar-refractivity contribution in [3.05, 3.63) is 69.0 Å². The van der Waals surface area contributed by atoms with Crippen LogP contribution in [0.15, 0.2) is 48.5 Å². The normalized spacial score (nSPS) is 12.1. The number of nitrogens with one attached hydrogen (secondary N) is 1. The summed E-state index contributed by atoms with van der Waals surface area (Å²) >= 11 is 13.5. The van der Waals surface area contributed by atoms with Crippen molar-refractivity contribution in [2.45, 2.75) is 12.5 Å². The molecule has 7 heteroatoms. The van der Waals surface area contributed by atoms with Gasteiger partial charge >= 0.3 is 5.97 Å². The Labute approximate surface area is 158 Å². The van der Waals surface area contributed by atoms with Crippen LogP contribution >= 0.6 is 34.5 Å². The van der Waals surface area contributed by atoms with Crippen LogP contribution in [0.3, 0.4) is 0 Å². The fraction of sp³-hybridized carbons (Fsp3) is 0.111. The predicted octanol–water partition coefficient (Wildman–Crippen LogP) is 5.15. The lowest BCUT2D eigenvalue weighted by molar-refractivity contribution is -0.137. The van der Waals surface area contributed by atoms with Crippen LogP contribution in [0.4, 0.5) is 0 Å². The van der Waals surface area contributed by atoms with Gasteiger partial charge in [0.1, 0.15) is 4.88 Å². The topological polar surface area (TPSA) is 66.4 Å². The van der Waals surface area contributed by atoms with E-state index in [0.29, 0.717) is 14.9 Å². The smallest absolute Gasteiger partial charge is 0.305 e. The van der Waals surface area contributed by atoms with E-state index in [0.717, 1.165) is 15.6 Å². The second-order valence-corrected chi connectivity index (χ2v) is 7.29. The molecule has 4 nitrogen and oxygen atoms in total. The highest BCUT2D eigenvalue weighted by Crippen LogP contribution is 2.37. The van der Waals surface area contributed by atoms with E-state index in [4.69, 9.17) is 28.3 Å². The molecule has 3 aromatic rings. The van der Waals surface area contributed by atoms with Crippen LogP contribution in [0.25, 0.3) is 10.1 Å². The average molecular weight is 394 g/mol. The molecule has 0 aliphatic carbocycles. The van der Waals surface area contributed by atoms with E-state index in [1.165, 1.54) is 11.3 Å². The van der Waals surface area contributed by atoms with Gasteiger partial charge < -0.3 is 10.4 Å². The van der Waals surface area contributed by atoms with Crippen LogP contribution in [0.2, 0.25) is 10.0 Å². The van der Waals surface area contributed by atoms with Gasteiger partial charge in [-0.05, 0) is 17.7 Å². The fourth-order valence-electron chi connectivity index (χ4n) is 2.52. The molecule has 1 atom stereocenters. The highest BCUT2D eigenvalue weighted by molar-refractivity contribution is 7.21. The van der Waals surface area contributed by atoms with Gasteiger partial charge in [0.2, 0.25) is 0 Å². The lowest BCUT2D eigenvalue weighted by Crippen LogP contribution is -2.29. The first kappa shape index (κ1) is 17.7. The molecule has 1 heterocycles. The highest BCUT2D eigenvalue weighted by atomic mass is 35.5. The van der Waals surface area contributed by atoms with E-state index in [-0.39, 0.29) is 6.42 Å². The van der Waals surface area contributed by atoms with E-state index < -0.39 is 17.9 Å². The number of carboxylic acid groups (broad SMARTS) is 1. The van der Waals surface area contributed by atoms with Crippen molar-refractivity contribution in [2.75, 3.05) is 0 Å². The third-order valence-electron chi connectivity index (χ3n) is 3.68. The van der Waals surface area contributed by atoms with Crippen LogP contribution in [-0.2, 0) is 4.79 Å². The van der Waals surface area contributed by atoms with Gasteiger partial charge in [-0.25, -0.2) is 0 Å². The van der Waals surface area contributed by atoms with Gasteiger partial charge in [-0.3, -0.25) is 9.59 Å². The summed E-state index contributed by atoms with van der Waals surface area (Å²) in [6.45, 7) is 0. The van der Waals surface area contributed by atoms with Crippen molar-refractivity contribution in [3.63, 3.8) is 0 Å². The zero-order chi connectivity index (χ0) is 18.0. The summed E-state index contributed by atoms with van der Waals surface area (Å²) < 4.78 is 0.803. The molecule has 1 unspecified atom stereocenters. The molecule has 0 saturated heterocycles. The molecule has 25 heavy (non-hydrogen) atoms. The fourth-order valence-corrected chi connectivity index (χ4v) is 4.22. The minimum atomic E-state index is -0.997. The molecular formula is C18H13Cl2NO3S. The molecule has 1 aromatic heterocycles. The summed E-state index contributed by atoms with van der Waals surface area (Å²) in [5, 5.41) is 13.6. The quantitative estimate of drug-likeness (QED) is 0.629. The molecule has 1 amide bonds. The lowest BCUT2D eigenvalue weighted by Gasteiger charge is -2.17. The van der Waals surface area contributed by atoms with Crippen molar-refractivity contribution in [1.82, 2.24) is 5.32 Å². The third kappa shape index (κ3) is 3.95. The Bertz CT molecular complexity index is 940. The molecule has 0 aliphatic heterocycles. The number of benzene rings is 2. The maximum absolute atomic E-state index is 12.7. The summed E-state index contributed by atoms with van der Waals surface area (Å²) in [7, 11) is 0. The third-order valence-corrected chi connectivity index (χ3v) is 5.57. The van der Waals surface area contributed by atoms with Crippen LogP contribution in [0.5, 0.6) is 0 Å². The number of thiophene rings is 1. The van der Waals surface area contributed by atoms with Crippen molar-refractivity contribution in [3.8, 4) is 0 Å². The van der Waals surface area contributed by atoms with Crippen molar-refractivity contribution in [1.29, 1.82) is 0 Å².